The van der Waals surface area contributed by atoms with Gasteiger partial charge in [0.15, 0.2) is 0 Å². The van der Waals surface area contributed by atoms with Crippen LogP contribution in [0.1, 0.15) is 113 Å². The van der Waals surface area contributed by atoms with Crippen LogP contribution in [0.2, 0.25) is 0 Å². The van der Waals surface area contributed by atoms with E-state index in [1.807, 2.05) is 7.05 Å². The van der Waals surface area contributed by atoms with Crippen LogP contribution >= 0.6 is 0 Å². The van der Waals surface area contributed by atoms with E-state index in [4.69, 9.17) is 0 Å². The van der Waals surface area contributed by atoms with E-state index < -0.39 is 12.3 Å². The van der Waals surface area contributed by atoms with E-state index in [2.05, 4.69) is 102 Å². The molecule has 0 aliphatic carbocycles. The van der Waals surface area contributed by atoms with E-state index in [1.165, 1.54) is 18.4 Å². The van der Waals surface area contributed by atoms with Gasteiger partial charge >= 0.3 is 0 Å². The van der Waals surface area contributed by atoms with Gasteiger partial charge in [0.05, 0.1) is 26.7 Å². The summed E-state index contributed by atoms with van der Waals surface area (Å²) in [6.07, 6.45) is 8.89. The first-order valence-electron chi connectivity index (χ1n) is 19.2. The highest BCUT2D eigenvalue weighted by Crippen LogP contribution is 2.38. The van der Waals surface area contributed by atoms with Gasteiger partial charge in [-0.15, -0.1) is 0 Å². The molecule has 46 heavy (non-hydrogen) atoms. The second kappa shape index (κ2) is 23.7. The predicted octanol–water partition coefficient (Wildman–Crippen LogP) is 7.33. The zero-order valence-corrected chi connectivity index (χ0v) is 32.2. The molecule has 0 aromatic carbocycles. The maximum Gasteiger partial charge on any atom is 0.243 e. The quantitative estimate of drug-likeness (QED) is 0.0379. The van der Waals surface area contributed by atoms with Crippen LogP contribution in [-0.2, 0) is 0 Å². The van der Waals surface area contributed by atoms with E-state index in [0.717, 1.165) is 88.8 Å². The summed E-state index contributed by atoms with van der Waals surface area (Å²) in [5.41, 5.74) is 8.43. The Bertz CT molecular complexity index is 793. The van der Waals surface area contributed by atoms with Crippen LogP contribution in [0.4, 0.5) is 8.78 Å². The summed E-state index contributed by atoms with van der Waals surface area (Å²) in [6, 6.07) is 0.401. The molecule has 1 aliphatic heterocycles. The number of hydrogen-bond acceptors (Lipinski definition) is 5. The number of nitrogens with zero attached hydrogens (tertiary/aromatic N) is 2. The van der Waals surface area contributed by atoms with Gasteiger partial charge in [-0.05, 0) is 96.9 Å². The summed E-state index contributed by atoms with van der Waals surface area (Å²) in [6.45, 7) is 25.2. The summed E-state index contributed by atoms with van der Waals surface area (Å²) < 4.78 is 30.7. The van der Waals surface area contributed by atoms with Crippen molar-refractivity contribution >= 4 is 0 Å². The van der Waals surface area contributed by atoms with Gasteiger partial charge in [0.1, 0.15) is 0 Å². The summed E-state index contributed by atoms with van der Waals surface area (Å²) in [7, 11) is 6.69. The molecule has 0 bridgehead atoms. The number of hydrazine groups is 1. The van der Waals surface area contributed by atoms with Crippen LogP contribution in [0.3, 0.4) is 0 Å². The standard InChI is InChI=1S/C38H79F2N6/c1-12-17-35(44-43-33-19-18-29(5)20-24-42-28-33)34(38(39)40)22-27-46(10,11)36(21-26-45(15-4)25-16-23-41-9)37(31(7)14-3)32(8)30(6)13-2/h13,29,31-38,41-44H,12,14-28H2,1-11H3/q+1. The topological polar surface area (TPSA) is 51.4 Å². The minimum Gasteiger partial charge on any atom is -0.326 e. The first-order chi connectivity index (χ1) is 21.9. The smallest absolute Gasteiger partial charge is 0.243 e. The number of nitrogens with one attached hydrogen (secondary N) is 4. The Morgan fingerprint density at radius 3 is 2.35 bits per heavy atom. The lowest BCUT2D eigenvalue weighted by Gasteiger charge is -2.47. The fourth-order valence-corrected chi connectivity index (χ4v) is 7.83. The molecule has 8 atom stereocenters. The number of rotatable bonds is 24. The van der Waals surface area contributed by atoms with Crippen LogP contribution in [0.15, 0.2) is 11.6 Å². The third kappa shape index (κ3) is 15.3. The molecule has 0 amide bonds. The van der Waals surface area contributed by atoms with Crippen molar-refractivity contribution in [3.05, 3.63) is 11.6 Å². The van der Waals surface area contributed by atoms with Crippen LogP contribution in [0.25, 0.3) is 0 Å². The minimum absolute atomic E-state index is 0.247. The molecule has 1 aliphatic rings. The summed E-state index contributed by atoms with van der Waals surface area (Å²) in [4.78, 5) is 2.59. The highest BCUT2D eigenvalue weighted by Gasteiger charge is 2.42. The van der Waals surface area contributed by atoms with Gasteiger partial charge in [-0.3, -0.25) is 10.9 Å². The van der Waals surface area contributed by atoms with Crippen LogP contribution in [0, 0.1) is 29.6 Å². The van der Waals surface area contributed by atoms with Crippen molar-refractivity contribution in [3.8, 4) is 0 Å². The molecule has 0 spiro atoms. The van der Waals surface area contributed by atoms with E-state index in [-0.39, 0.29) is 12.1 Å². The molecule has 1 heterocycles. The Kier molecular flexibility index (Phi) is 22.3. The normalized spacial score (nSPS) is 22.7. The highest BCUT2D eigenvalue weighted by atomic mass is 19.3. The maximum absolute atomic E-state index is 14.9. The van der Waals surface area contributed by atoms with Crippen molar-refractivity contribution in [2.45, 2.75) is 138 Å². The molecule has 1 fully saturated rings. The Morgan fingerprint density at radius 2 is 1.76 bits per heavy atom. The van der Waals surface area contributed by atoms with E-state index >= 15 is 0 Å². The molecule has 1 rings (SSSR count). The SMILES string of the molecule is CC=C(C)C(C)C(C(C)CC)C(CCN(CC)CCCNC)[N+](C)(C)CCC(C(F)F)C(CCC)NNC1CCC(C)CCNC1. The van der Waals surface area contributed by atoms with Crippen LogP contribution in [0.5, 0.6) is 0 Å². The van der Waals surface area contributed by atoms with Crippen LogP contribution in [-0.4, -0.2) is 101 Å². The number of alkyl halides is 2. The van der Waals surface area contributed by atoms with Crippen molar-refractivity contribution in [2.24, 2.45) is 29.6 Å². The lowest BCUT2D eigenvalue weighted by molar-refractivity contribution is -0.921. The van der Waals surface area contributed by atoms with Gasteiger partial charge in [-0.1, -0.05) is 66.0 Å². The third-order valence-electron chi connectivity index (χ3n) is 11.6. The zero-order valence-electron chi connectivity index (χ0n) is 32.2. The van der Waals surface area contributed by atoms with Crippen molar-refractivity contribution in [3.63, 3.8) is 0 Å². The van der Waals surface area contributed by atoms with Crippen molar-refractivity contribution in [1.82, 2.24) is 26.4 Å². The minimum atomic E-state index is -2.35. The van der Waals surface area contributed by atoms with Gasteiger partial charge in [-0.2, -0.15) is 0 Å². The summed E-state index contributed by atoms with van der Waals surface area (Å²) in [5, 5.41) is 6.84. The second-order valence-electron chi connectivity index (χ2n) is 15.4. The monoisotopic (exact) mass is 658 g/mol. The number of allylic oxidation sites excluding steroid dienone is 2. The molecular formula is C38H79F2N6+. The first kappa shape index (κ1) is 43.4. The molecule has 8 unspecified atom stereocenters. The average molecular weight is 658 g/mol. The summed E-state index contributed by atoms with van der Waals surface area (Å²) in [5.74, 6) is 1.50. The lowest BCUT2D eigenvalue weighted by Crippen LogP contribution is -2.58. The highest BCUT2D eigenvalue weighted by molar-refractivity contribution is 5.04. The Morgan fingerprint density at radius 1 is 1.04 bits per heavy atom. The average Bonchev–Trinajstić information content (AvgIpc) is 3.02. The molecule has 1 saturated heterocycles. The second-order valence-corrected chi connectivity index (χ2v) is 15.4. The van der Waals surface area contributed by atoms with Crippen molar-refractivity contribution in [1.29, 1.82) is 0 Å². The Balaban J connectivity index is 3.24. The number of hydrogen-bond donors (Lipinski definition) is 4. The maximum atomic E-state index is 14.9. The first-order valence-corrected chi connectivity index (χ1v) is 19.2. The molecule has 0 aromatic heterocycles. The van der Waals surface area contributed by atoms with E-state index in [0.29, 0.717) is 36.1 Å². The Hall–Kier alpha value is -0.640. The van der Waals surface area contributed by atoms with Gasteiger partial charge < -0.3 is 20.0 Å². The molecule has 6 nitrogen and oxygen atoms in total. The fourth-order valence-electron chi connectivity index (χ4n) is 7.83. The number of halogens is 2. The van der Waals surface area contributed by atoms with E-state index in [9.17, 15) is 8.78 Å². The van der Waals surface area contributed by atoms with E-state index in [1.54, 1.807) is 0 Å². The molecule has 8 heteroatoms. The lowest BCUT2D eigenvalue weighted by atomic mass is 9.72. The van der Waals surface area contributed by atoms with Crippen LogP contribution < -0.4 is 21.5 Å². The Labute approximate surface area is 285 Å². The van der Waals surface area contributed by atoms with Gasteiger partial charge in [0.25, 0.3) is 0 Å². The van der Waals surface area contributed by atoms with Gasteiger partial charge in [0, 0.05) is 49.9 Å². The third-order valence-corrected chi connectivity index (χ3v) is 11.6. The zero-order chi connectivity index (χ0) is 34.7. The number of quaternary nitrogens is 1. The van der Waals surface area contributed by atoms with Gasteiger partial charge in [0.2, 0.25) is 6.43 Å². The molecular weight excluding hydrogens is 578 g/mol. The largest absolute Gasteiger partial charge is 0.326 e. The van der Waals surface area contributed by atoms with Gasteiger partial charge in [-0.25, -0.2) is 8.78 Å². The fraction of sp³-hybridized carbons (Fsp3) is 0.947. The summed E-state index contributed by atoms with van der Waals surface area (Å²) >= 11 is 0. The molecule has 0 saturated carbocycles. The predicted molar refractivity (Wildman–Crippen MR) is 196 cm³/mol. The van der Waals surface area contributed by atoms with Crippen molar-refractivity contribution in [2.75, 3.05) is 67.0 Å². The molecule has 4 N–H and O–H groups in total. The molecule has 0 aromatic rings. The molecule has 0 radical (unpaired) electrons. The molecule has 274 valence electrons. The van der Waals surface area contributed by atoms with Crippen molar-refractivity contribution < 1.29 is 13.3 Å².